The first-order valence-electron chi connectivity index (χ1n) is 17.7. The van der Waals surface area contributed by atoms with Crippen LogP contribution in [0.2, 0.25) is 0 Å². The predicted octanol–water partition coefficient (Wildman–Crippen LogP) is 13.1. The van der Waals surface area contributed by atoms with Gasteiger partial charge in [0, 0.05) is 45.4 Å². The highest BCUT2D eigenvalue weighted by molar-refractivity contribution is 5.86. The number of benzene rings is 8. The van der Waals surface area contributed by atoms with E-state index >= 15 is 0 Å². The molecule has 0 fully saturated rings. The van der Waals surface area contributed by atoms with Crippen molar-refractivity contribution in [3.8, 4) is 45.3 Å². The second-order valence-electron chi connectivity index (χ2n) is 13.3. The fourth-order valence-electron chi connectivity index (χ4n) is 8.11. The minimum Gasteiger partial charge on any atom is -0.457 e. The fraction of sp³-hybridized carbons (Fsp3) is 0.0204. The van der Waals surface area contributed by atoms with E-state index in [4.69, 9.17) is 9.47 Å². The van der Waals surface area contributed by atoms with Gasteiger partial charge in [0.05, 0.1) is 5.41 Å². The lowest BCUT2D eigenvalue weighted by molar-refractivity contribution is 0.399. The minimum atomic E-state index is -0.639. The Bertz CT molecular complexity index is 2460. The van der Waals surface area contributed by atoms with Crippen LogP contribution in [-0.4, -0.2) is 0 Å². The van der Waals surface area contributed by atoms with Crippen molar-refractivity contribution in [3.63, 3.8) is 0 Å². The maximum atomic E-state index is 6.92. The summed E-state index contributed by atoms with van der Waals surface area (Å²) in [5.41, 5.74) is 11.5. The summed E-state index contributed by atoms with van der Waals surface area (Å²) < 4.78 is 13.5. The smallest absolute Gasteiger partial charge is 0.134 e. The maximum Gasteiger partial charge on any atom is 0.134 e. The monoisotopic (exact) mass is 667 g/mol. The van der Waals surface area contributed by atoms with E-state index in [0.717, 1.165) is 73.4 Å². The van der Waals surface area contributed by atoms with Crippen molar-refractivity contribution in [3.05, 3.63) is 222 Å². The zero-order valence-electron chi connectivity index (χ0n) is 28.3. The molecule has 2 aliphatic heterocycles. The molecule has 246 valence electrons. The number of anilines is 3. The molecule has 0 aromatic heterocycles. The van der Waals surface area contributed by atoms with Gasteiger partial charge >= 0.3 is 0 Å². The first-order valence-corrected chi connectivity index (χ1v) is 17.7. The Kier molecular flexibility index (Phi) is 7.04. The second kappa shape index (κ2) is 12.2. The van der Waals surface area contributed by atoms with Crippen LogP contribution >= 0.6 is 0 Å². The molecule has 3 heteroatoms. The van der Waals surface area contributed by atoms with Crippen molar-refractivity contribution < 1.29 is 9.47 Å². The molecule has 0 radical (unpaired) electrons. The van der Waals surface area contributed by atoms with Gasteiger partial charge in [-0.2, -0.15) is 0 Å². The van der Waals surface area contributed by atoms with Gasteiger partial charge in [0.1, 0.15) is 23.0 Å². The van der Waals surface area contributed by atoms with Gasteiger partial charge in [-0.25, -0.2) is 0 Å². The largest absolute Gasteiger partial charge is 0.457 e. The molecule has 8 aromatic carbocycles. The number of fused-ring (bicyclic) bond motifs is 8. The van der Waals surface area contributed by atoms with Crippen LogP contribution in [-0.2, 0) is 5.41 Å². The zero-order chi connectivity index (χ0) is 34.5. The molecule has 2 heterocycles. The molecule has 0 atom stereocenters. The summed E-state index contributed by atoms with van der Waals surface area (Å²) in [5, 5.41) is 0. The van der Waals surface area contributed by atoms with Gasteiger partial charge in [0.15, 0.2) is 0 Å². The SMILES string of the molecule is c1ccc(-c2cc(-c3ccccc3)cc(N(c3ccccc3)c3ccc4c(c3)Oc3ccccc3C43c4ccccc4Oc4ccccc43)c2)cc1. The molecule has 0 unspecified atom stereocenters. The average molecular weight is 668 g/mol. The first-order chi connectivity index (χ1) is 25.8. The Labute approximate surface area is 303 Å². The van der Waals surface area contributed by atoms with Crippen LogP contribution in [0, 0.1) is 0 Å². The highest BCUT2D eigenvalue weighted by Crippen LogP contribution is 2.61. The molecule has 3 nitrogen and oxygen atoms in total. The molecular weight excluding hydrogens is 635 g/mol. The van der Waals surface area contributed by atoms with Crippen molar-refractivity contribution in [2.24, 2.45) is 0 Å². The average Bonchev–Trinajstić information content (AvgIpc) is 3.22. The molecule has 0 saturated carbocycles. The van der Waals surface area contributed by atoms with E-state index in [2.05, 4.69) is 193 Å². The highest BCUT2D eigenvalue weighted by atomic mass is 16.5. The lowest BCUT2D eigenvalue weighted by Crippen LogP contribution is -2.36. The summed E-state index contributed by atoms with van der Waals surface area (Å²) >= 11 is 0. The minimum absolute atomic E-state index is 0.639. The van der Waals surface area contributed by atoms with Gasteiger partial charge in [-0.15, -0.1) is 0 Å². The van der Waals surface area contributed by atoms with E-state index in [9.17, 15) is 0 Å². The number of hydrogen-bond acceptors (Lipinski definition) is 3. The predicted molar refractivity (Wildman–Crippen MR) is 210 cm³/mol. The number of rotatable bonds is 5. The Hall–Kier alpha value is -6.84. The van der Waals surface area contributed by atoms with Crippen molar-refractivity contribution in [1.82, 2.24) is 0 Å². The Balaban J connectivity index is 1.22. The molecule has 0 bridgehead atoms. The Morgan fingerprint density at radius 1 is 0.288 bits per heavy atom. The van der Waals surface area contributed by atoms with Crippen LogP contribution in [0.3, 0.4) is 0 Å². The van der Waals surface area contributed by atoms with Crippen LogP contribution in [0.5, 0.6) is 23.0 Å². The molecule has 1 spiro atoms. The normalized spacial score (nSPS) is 13.1. The zero-order valence-corrected chi connectivity index (χ0v) is 28.3. The van der Waals surface area contributed by atoms with Crippen molar-refractivity contribution >= 4 is 17.1 Å². The highest BCUT2D eigenvalue weighted by Gasteiger charge is 2.50. The molecular formula is C49H33NO2. The Morgan fingerprint density at radius 3 is 1.23 bits per heavy atom. The van der Waals surface area contributed by atoms with E-state index in [1.807, 2.05) is 12.1 Å². The molecule has 0 saturated heterocycles. The van der Waals surface area contributed by atoms with Gasteiger partial charge in [-0.3, -0.25) is 0 Å². The van der Waals surface area contributed by atoms with Crippen LogP contribution in [0.25, 0.3) is 22.3 Å². The summed E-state index contributed by atoms with van der Waals surface area (Å²) in [5.74, 6) is 3.35. The van der Waals surface area contributed by atoms with Crippen LogP contribution < -0.4 is 14.4 Å². The van der Waals surface area contributed by atoms with Crippen molar-refractivity contribution in [2.75, 3.05) is 4.90 Å². The third kappa shape index (κ3) is 4.74. The number of nitrogens with zero attached hydrogens (tertiary/aromatic N) is 1. The van der Waals surface area contributed by atoms with Gasteiger partial charge in [0.25, 0.3) is 0 Å². The van der Waals surface area contributed by atoms with E-state index in [-0.39, 0.29) is 0 Å². The van der Waals surface area contributed by atoms with E-state index in [1.54, 1.807) is 0 Å². The number of hydrogen-bond donors (Lipinski definition) is 0. The van der Waals surface area contributed by atoms with Crippen molar-refractivity contribution in [1.29, 1.82) is 0 Å². The Morgan fingerprint density at radius 2 is 0.712 bits per heavy atom. The van der Waals surface area contributed by atoms with Crippen LogP contribution in [0.4, 0.5) is 17.1 Å². The molecule has 0 amide bonds. The van der Waals surface area contributed by atoms with E-state index < -0.39 is 5.41 Å². The summed E-state index contributed by atoms with van der Waals surface area (Å²) in [4.78, 5) is 2.33. The third-order valence-electron chi connectivity index (χ3n) is 10.3. The van der Waals surface area contributed by atoms with E-state index in [0.29, 0.717) is 0 Å². The van der Waals surface area contributed by atoms with Gasteiger partial charge in [0.2, 0.25) is 0 Å². The number of para-hydroxylation sites is 4. The van der Waals surface area contributed by atoms with Crippen molar-refractivity contribution in [2.45, 2.75) is 5.41 Å². The molecule has 10 rings (SSSR count). The van der Waals surface area contributed by atoms with Gasteiger partial charge in [-0.1, -0.05) is 140 Å². The lowest BCUT2D eigenvalue weighted by Gasteiger charge is -2.45. The lowest BCUT2D eigenvalue weighted by atomic mass is 9.62. The molecule has 0 N–H and O–H groups in total. The summed E-state index contributed by atoms with van der Waals surface area (Å²) in [6, 6.07) is 70.6. The number of ether oxygens (including phenoxy) is 2. The summed E-state index contributed by atoms with van der Waals surface area (Å²) in [7, 11) is 0. The van der Waals surface area contributed by atoms with Gasteiger partial charge < -0.3 is 14.4 Å². The third-order valence-corrected chi connectivity index (χ3v) is 10.3. The quantitative estimate of drug-likeness (QED) is 0.182. The second-order valence-corrected chi connectivity index (χ2v) is 13.3. The molecule has 0 aliphatic carbocycles. The summed E-state index contributed by atoms with van der Waals surface area (Å²) in [6.45, 7) is 0. The topological polar surface area (TPSA) is 21.7 Å². The molecule has 52 heavy (non-hydrogen) atoms. The van der Waals surface area contributed by atoms with Gasteiger partial charge in [-0.05, 0) is 76.9 Å². The summed E-state index contributed by atoms with van der Waals surface area (Å²) in [6.07, 6.45) is 0. The van der Waals surface area contributed by atoms with E-state index in [1.165, 1.54) is 11.1 Å². The first kappa shape index (κ1) is 30.0. The maximum absolute atomic E-state index is 6.92. The molecule has 8 aromatic rings. The molecule has 2 aliphatic rings. The fourth-order valence-corrected chi connectivity index (χ4v) is 8.11. The van der Waals surface area contributed by atoms with Crippen LogP contribution in [0.15, 0.2) is 200 Å². The standard InChI is InChI=1S/C49H33NO2/c1-4-16-34(17-5-1)36-30-37(35-18-6-2-7-19-35)32-40(31-36)50(38-20-8-3-9-21-38)39-28-29-44-48(33-39)52-47-27-15-12-24-43(47)49(44)41-22-10-13-25-45(41)51-46-26-14-11-23-42(46)49/h1-33H. The van der Waals surface area contributed by atoms with Crippen LogP contribution in [0.1, 0.15) is 22.3 Å².